The summed E-state index contributed by atoms with van der Waals surface area (Å²) in [5, 5.41) is 9.05. The Bertz CT molecular complexity index is 406. The summed E-state index contributed by atoms with van der Waals surface area (Å²) in [5.41, 5.74) is 0.00787. The summed E-state index contributed by atoms with van der Waals surface area (Å²) in [7, 11) is 0. The molecule has 2 atom stereocenters. The molecule has 0 spiro atoms. The number of rotatable bonds is 1. The highest BCUT2D eigenvalue weighted by Crippen LogP contribution is 2.55. The second-order valence-electron chi connectivity index (χ2n) is 6.39. The van der Waals surface area contributed by atoms with E-state index in [9.17, 15) is 9.59 Å². The first kappa shape index (κ1) is 12.3. The summed E-state index contributed by atoms with van der Waals surface area (Å²) in [6.45, 7) is 6.50. The van der Waals surface area contributed by atoms with Crippen molar-refractivity contribution in [1.29, 1.82) is 0 Å². The highest BCUT2D eigenvalue weighted by molar-refractivity contribution is 6.17. The summed E-state index contributed by atoms with van der Waals surface area (Å²) < 4.78 is 0. The van der Waals surface area contributed by atoms with E-state index in [4.69, 9.17) is 5.11 Å². The molecule has 0 heterocycles. The van der Waals surface area contributed by atoms with Gasteiger partial charge in [0.15, 0.2) is 5.78 Å². The SMILES string of the molecule is CC1(C)CCCC2(C)C=C(C(=O)O)C(=O)CC12. The zero-order valence-corrected chi connectivity index (χ0v) is 10.7. The fourth-order valence-electron chi connectivity index (χ4n) is 3.73. The first-order valence-electron chi connectivity index (χ1n) is 6.26. The number of carboxylic acids is 1. The first-order valence-corrected chi connectivity index (χ1v) is 6.26. The van der Waals surface area contributed by atoms with Gasteiger partial charge in [-0.3, -0.25) is 4.79 Å². The lowest BCUT2D eigenvalue weighted by Gasteiger charge is -2.51. The van der Waals surface area contributed by atoms with Gasteiger partial charge in [0.2, 0.25) is 0 Å². The lowest BCUT2D eigenvalue weighted by atomic mass is 9.53. The van der Waals surface area contributed by atoms with Gasteiger partial charge in [0, 0.05) is 6.42 Å². The lowest BCUT2D eigenvalue weighted by Crippen LogP contribution is -2.45. The van der Waals surface area contributed by atoms with E-state index in [0.717, 1.165) is 19.3 Å². The number of allylic oxidation sites excluding steroid dienone is 1. The largest absolute Gasteiger partial charge is 0.478 e. The van der Waals surface area contributed by atoms with Gasteiger partial charge in [-0.2, -0.15) is 0 Å². The van der Waals surface area contributed by atoms with Crippen LogP contribution in [0.1, 0.15) is 46.5 Å². The van der Waals surface area contributed by atoms with Gasteiger partial charge in [-0.25, -0.2) is 4.79 Å². The maximum atomic E-state index is 11.9. The van der Waals surface area contributed by atoms with E-state index in [1.165, 1.54) is 0 Å². The maximum absolute atomic E-state index is 11.9. The molecule has 0 radical (unpaired) electrons. The van der Waals surface area contributed by atoms with Gasteiger partial charge in [0.1, 0.15) is 0 Å². The highest BCUT2D eigenvalue weighted by Gasteiger charge is 2.49. The van der Waals surface area contributed by atoms with E-state index < -0.39 is 5.97 Å². The van der Waals surface area contributed by atoms with Crippen molar-refractivity contribution in [2.45, 2.75) is 46.5 Å². The Morgan fingerprint density at radius 2 is 2.00 bits per heavy atom. The Morgan fingerprint density at radius 1 is 1.35 bits per heavy atom. The molecule has 0 aliphatic heterocycles. The van der Waals surface area contributed by atoms with Gasteiger partial charge >= 0.3 is 5.97 Å². The highest BCUT2D eigenvalue weighted by atomic mass is 16.4. The van der Waals surface area contributed by atoms with Crippen molar-refractivity contribution in [2.24, 2.45) is 16.7 Å². The topological polar surface area (TPSA) is 54.4 Å². The molecule has 1 fully saturated rings. The number of carbonyl (C=O) groups is 2. The summed E-state index contributed by atoms with van der Waals surface area (Å²) in [5.74, 6) is -0.993. The number of hydrogen-bond acceptors (Lipinski definition) is 2. The molecule has 0 saturated heterocycles. The monoisotopic (exact) mass is 236 g/mol. The predicted octanol–water partition coefficient (Wildman–Crippen LogP) is 2.80. The Labute approximate surface area is 102 Å². The van der Waals surface area contributed by atoms with Crippen LogP contribution in [0.2, 0.25) is 0 Å². The van der Waals surface area contributed by atoms with Crippen LogP contribution in [-0.4, -0.2) is 16.9 Å². The van der Waals surface area contributed by atoms with Crippen LogP contribution in [0.3, 0.4) is 0 Å². The molecule has 94 valence electrons. The molecule has 3 heteroatoms. The summed E-state index contributed by atoms with van der Waals surface area (Å²) in [6, 6.07) is 0. The molecule has 2 rings (SSSR count). The smallest absolute Gasteiger partial charge is 0.339 e. The average Bonchev–Trinajstić information content (AvgIpc) is 2.19. The van der Waals surface area contributed by atoms with Crippen LogP contribution in [0.4, 0.5) is 0 Å². The van der Waals surface area contributed by atoms with Crippen molar-refractivity contribution in [1.82, 2.24) is 0 Å². The summed E-state index contributed by atoms with van der Waals surface area (Å²) in [6.07, 6.45) is 5.34. The van der Waals surface area contributed by atoms with E-state index in [2.05, 4.69) is 20.8 Å². The molecule has 1 saturated carbocycles. The van der Waals surface area contributed by atoms with Crippen molar-refractivity contribution >= 4 is 11.8 Å². The van der Waals surface area contributed by atoms with Crippen LogP contribution >= 0.6 is 0 Å². The molecule has 0 aromatic carbocycles. The number of carboxylic acid groups (broad SMARTS) is 1. The van der Waals surface area contributed by atoms with E-state index in [-0.39, 0.29) is 28.1 Å². The Kier molecular flexibility index (Phi) is 2.68. The number of hydrogen-bond donors (Lipinski definition) is 1. The van der Waals surface area contributed by atoms with Gasteiger partial charge in [0.25, 0.3) is 0 Å². The van der Waals surface area contributed by atoms with E-state index in [0.29, 0.717) is 6.42 Å². The average molecular weight is 236 g/mol. The second kappa shape index (κ2) is 3.69. The third kappa shape index (κ3) is 1.92. The van der Waals surface area contributed by atoms with Crippen LogP contribution in [-0.2, 0) is 9.59 Å². The van der Waals surface area contributed by atoms with Crippen molar-refractivity contribution in [3.05, 3.63) is 11.6 Å². The Morgan fingerprint density at radius 3 is 2.59 bits per heavy atom. The minimum Gasteiger partial charge on any atom is -0.478 e. The second-order valence-corrected chi connectivity index (χ2v) is 6.39. The van der Waals surface area contributed by atoms with Gasteiger partial charge in [-0.05, 0) is 29.6 Å². The van der Waals surface area contributed by atoms with Crippen molar-refractivity contribution in [2.75, 3.05) is 0 Å². The molecule has 0 aromatic heterocycles. The number of carbonyl (C=O) groups excluding carboxylic acids is 1. The first-order chi connectivity index (χ1) is 7.76. The van der Waals surface area contributed by atoms with Gasteiger partial charge in [-0.1, -0.05) is 33.3 Å². The predicted molar refractivity (Wildman–Crippen MR) is 64.6 cm³/mol. The van der Waals surface area contributed by atoms with Crippen LogP contribution in [0, 0.1) is 16.7 Å². The zero-order chi connectivity index (χ0) is 12.8. The molecule has 0 bridgehead atoms. The standard InChI is InChI=1S/C14H20O3/c1-13(2)5-4-6-14(3)8-9(12(16)17)10(15)7-11(13)14/h8,11H,4-7H2,1-3H3,(H,16,17). The normalized spacial score (nSPS) is 36.1. The third-order valence-corrected chi connectivity index (χ3v) is 4.67. The van der Waals surface area contributed by atoms with Crippen molar-refractivity contribution in [3.8, 4) is 0 Å². The Balaban J connectivity index is 2.45. The molecule has 3 nitrogen and oxygen atoms in total. The van der Waals surface area contributed by atoms with Crippen molar-refractivity contribution < 1.29 is 14.7 Å². The fourth-order valence-corrected chi connectivity index (χ4v) is 3.73. The molecule has 0 aromatic rings. The van der Waals surface area contributed by atoms with Gasteiger partial charge in [0.05, 0.1) is 5.57 Å². The third-order valence-electron chi connectivity index (χ3n) is 4.67. The molecule has 0 amide bonds. The quantitative estimate of drug-likeness (QED) is 0.712. The van der Waals surface area contributed by atoms with Gasteiger partial charge < -0.3 is 5.11 Å². The van der Waals surface area contributed by atoms with Crippen molar-refractivity contribution in [3.63, 3.8) is 0 Å². The number of Topliss-reactive ketones (excluding diaryl/α,β-unsaturated/α-hetero) is 1. The number of ketones is 1. The van der Waals surface area contributed by atoms with Crippen LogP contribution in [0.15, 0.2) is 11.6 Å². The van der Waals surface area contributed by atoms with Crippen LogP contribution in [0.5, 0.6) is 0 Å². The molecule has 1 N–H and O–H groups in total. The van der Waals surface area contributed by atoms with Crippen LogP contribution < -0.4 is 0 Å². The summed E-state index contributed by atoms with van der Waals surface area (Å²) >= 11 is 0. The minimum absolute atomic E-state index is 0.00134. The molecule has 2 unspecified atom stereocenters. The zero-order valence-electron chi connectivity index (χ0n) is 10.7. The Hall–Kier alpha value is -1.12. The van der Waals surface area contributed by atoms with Gasteiger partial charge in [-0.15, -0.1) is 0 Å². The molecular formula is C14H20O3. The van der Waals surface area contributed by atoms with E-state index >= 15 is 0 Å². The molecular weight excluding hydrogens is 216 g/mol. The maximum Gasteiger partial charge on any atom is 0.339 e. The number of fused-ring (bicyclic) bond motifs is 1. The summed E-state index contributed by atoms with van der Waals surface area (Å²) in [4.78, 5) is 22.9. The molecule has 2 aliphatic rings. The van der Waals surface area contributed by atoms with E-state index in [1.807, 2.05) is 0 Å². The minimum atomic E-state index is -1.07. The van der Waals surface area contributed by atoms with E-state index in [1.54, 1.807) is 6.08 Å². The number of aliphatic carboxylic acids is 1. The van der Waals surface area contributed by atoms with Crippen LogP contribution in [0.25, 0.3) is 0 Å². The molecule has 2 aliphatic carbocycles. The lowest BCUT2D eigenvalue weighted by molar-refractivity contribution is -0.136. The molecule has 17 heavy (non-hydrogen) atoms. The fraction of sp³-hybridized carbons (Fsp3) is 0.714.